The number of amides is 1. The molecule has 1 saturated heterocycles. The van der Waals surface area contributed by atoms with Gasteiger partial charge in [-0.25, -0.2) is 13.2 Å². The summed E-state index contributed by atoms with van der Waals surface area (Å²) in [5, 5.41) is 2.49. The molecular formula is C13H18N2O5S. The Morgan fingerprint density at radius 1 is 1.38 bits per heavy atom. The van der Waals surface area contributed by atoms with Crippen LogP contribution in [0, 0.1) is 0 Å². The standard InChI is InChI=1S/C13H18N2O5S/c1-2-20-13(16)14-11-4-3-5-12(10-11)21(17,18)15-6-8-19-9-7-15/h3-5,10H,2,6-9H2,1H3,(H,14,16). The smallest absolute Gasteiger partial charge is 0.411 e. The molecule has 0 radical (unpaired) electrons. The van der Waals surface area contributed by atoms with Crippen molar-refractivity contribution in [1.82, 2.24) is 4.31 Å². The Morgan fingerprint density at radius 2 is 2.10 bits per heavy atom. The van der Waals surface area contributed by atoms with Gasteiger partial charge in [-0.15, -0.1) is 0 Å². The molecule has 1 aliphatic rings. The number of carbonyl (C=O) groups is 1. The maximum Gasteiger partial charge on any atom is 0.411 e. The van der Waals surface area contributed by atoms with E-state index in [1.54, 1.807) is 19.1 Å². The van der Waals surface area contributed by atoms with Crippen LogP contribution in [-0.4, -0.2) is 51.7 Å². The summed E-state index contributed by atoms with van der Waals surface area (Å²) in [5.41, 5.74) is 0.378. The van der Waals surface area contributed by atoms with Gasteiger partial charge < -0.3 is 9.47 Å². The van der Waals surface area contributed by atoms with Gasteiger partial charge in [0.25, 0.3) is 0 Å². The minimum absolute atomic E-state index is 0.138. The number of hydrogen-bond donors (Lipinski definition) is 1. The summed E-state index contributed by atoms with van der Waals surface area (Å²) in [5.74, 6) is 0. The van der Waals surface area contributed by atoms with E-state index in [9.17, 15) is 13.2 Å². The van der Waals surface area contributed by atoms with E-state index in [4.69, 9.17) is 9.47 Å². The van der Waals surface area contributed by atoms with Crippen molar-refractivity contribution >= 4 is 21.8 Å². The average molecular weight is 314 g/mol. The van der Waals surface area contributed by atoms with Gasteiger partial charge in [0.15, 0.2) is 0 Å². The first-order valence-corrected chi connectivity index (χ1v) is 8.10. The molecule has 1 N–H and O–H groups in total. The first-order valence-electron chi connectivity index (χ1n) is 6.66. The molecule has 0 atom stereocenters. The maximum atomic E-state index is 12.5. The number of ether oxygens (including phenoxy) is 2. The second kappa shape index (κ2) is 6.88. The fourth-order valence-electron chi connectivity index (χ4n) is 1.96. The maximum absolute atomic E-state index is 12.5. The van der Waals surface area contributed by atoms with Crippen molar-refractivity contribution in [3.05, 3.63) is 24.3 Å². The summed E-state index contributed by atoms with van der Waals surface area (Å²) in [6.45, 7) is 3.38. The topological polar surface area (TPSA) is 84.9 Å². The first kappa shape index (κ1) is 15.7. The van der Waals surface area contributed by atoms with Crippen LogP contribution in [0.1, 0.15) is 6.92 Å². The Balaban J connectivity index is 2.17. The molecule has 8 heteroatoms. The lowest BCUT2D eigenvalue weighted by molar-refractivity contribution is 0.0730. The molecule has 1 heterocycles. The molecule has 1 fully saturated rings. The van der Waals surface area contributed by atoms with Crippen LogP contribution in [0.3, 0.4) is 0 Å². The normalized spacial score (nSPS) is 16.4. The molecule has 0 aliphatic carbocycles. The van der Waals surface area contributed by atoms with Gasteiger partial charge in [-0.2, -0.15) is 4.31 Å². The summed E-state index contributed by atoms with van der Waals surface area (Å²) >= 11 is 0. The van der Waals surface area contributed by atoms with Crippen LogP contribution in [-0.2, 0) is 19.5 Å². The lowest BCUT2D eigenvalue weighted by Gasteiger charge is -2.26. The monoisotopic (exact) mass is 314 g/mol. The van der Waals surface area contributed by atoms with Gasteiger partial charge in [0, 0.05) is 18.8 Å². The Kier molecular flexibility index (Phi) is 5.16. The van der Waals surface area contributed by atoms with Crippen LogP contribution < -0.4 is 5.32 Å². The Labute approximate surface area is 123 Å². The van der Waals surface area contributed by atoms with Crippen molar-refractivity contribution in [1.29, 1.82) is 0 Å². The van der Waals surface area contributed by atoms with Gasteiger partial charge in [-0.3, -0.25) is 5.32 Å². The van der Waals surface area contributed by atoms with Crippen LogP contribution in [0.5, 0.6) is 0 Å². The quantitative estimate of drug-likeness (QED) is 0.905. The summed E-state index contributed by atoms with van der Waals surface area (Å²) in [6.07, 6.45) is -0.613. The second-order valence-corrected chi connectivity index (χ2v) is 6.33. The van der Waals surface area contributed by atoms with Gasteiger partial charge in [-0.1, -0.05) is 6.07 Å². The lowest BCUT2D eigenvalue weighted by atomic mass is 10.3. The molecule has 0 saturated carbocycles. The Hall–Kier alpha value is -1.64. The highest BCUT2D eigenvalue weighted by Gasteiger charge is 2.26. The number of hydrogen-bond acceptors (Lipinski definition) is 5. The van der Waals surface area contributed by atoms with Crippen molar-refractivity contribution in [3.8, 4) is 0 Å². The van der Waals surface area contributed by atoms with E-state index in [-0.39, 0.29) is 11.5 Å². The molecule has 1 amide bonds. The van der Waals surface area contributed by atoms with Gasteiger partial charge in [0.1, 0.15) is 0 Å². The van der Waals surface area contributed by atoms with E-state index in [2.05, 4.69) is 5.32 Å². The molecule has 1 aromatic rings. The zero-order chi connectivity index (χ0) is 15.3. The number of rotatable bonds is 4. The number of nitrogens with zero attached hydrogens (tertiary/aromatic N) is 1. The average Bonchev–Trinajstić information content (AvgIpc) is 2.48. The molecule has 0 bridgehead atoms. The highest BCUT2D eigenvalue weighted by molar-refractivity contribution is 7.89. The molecule has 0 aromatic heterocycles. The molecule has 1 aromatic carbocycles. The molecule has 0 unspecified atom stereocenters. The summed E-state index contributed by atoms with van der Waals surface area (Å²) in [7, 11) is -3.57. The molecule has 116 valence electrons. The third-order valence-corrected chi connectivity index (χ3v) is 4.86. The predicted octanol–water partition coefficient (Wildman–Crippen LogP) is 1.28. The number of morpholine rings is 1. The minimum Gasteiger partial charge on any atom is -0.450 e. The van der Waals surface area contributed by atoms with E-state index < -0.39 is 16.1 Å². The molecule has 0 spiro atoms. The van der Waals surface area contributed by atoms with E-state index >= 15 is 0 Å². The van der Waals surface area contributed by atoms with Crippen LogP contribution in [0.15, 0.2) is 29.2 Å². The molecule has 1 aliphatic heterocycles. The zero-order valence-corrected chi connectivity index (χ0v) is 12.6. The van der Waals surface area contributed by atoms with Gasteiger partial charge in [0.2, 0.25) is 10.0 Å². The number of anilines is 1. The Morgan fingerprint density at radius 3 is 2.76 bits per heavy atom. The largest absolute Gasteiger partial charge is 0.450 e. The fourth-order valence-corrected chi connectivity index (χ4v) is 3.41. The van der Waals surface area contributed by atoms with Crippen LogP contribution in [0.2, 0.25) is 0 Å². The van der Waals surface area contributed by atoms with Gasteiger partial charge >= 0.3 is 6.09 Å². The lowest BCUT2D eigenvalue weighted by Crippen LogP contribution is -2.40. The van der Waals surface area contributed by atoms with Crippen LogP contribution >= 0.6 is 0 Å². The van der Waals surface area contributed by atoms with Crippen molar-refractivity contribution in [2.45, 2.75) is 11.8 Å². The van der Waals surface area contributed by atoms with Crippen molar-refractivity contribution < 1.29 is 22.7 Å². The summed E-state index contributed by atoms with van der Waals surface area (Å²) in [4.78, 5) is 11.5. The van der Waals surface area contributed by atoms with E-state index in [0.717, 1.165) is 0 Å². The third-order valence-electron chi connectivity index (χ3n) is 2.96. The van der Waals surface area contributed by atoms with Crippen molar-refractivity contribution in [2.24, 2.45) is 0 Å². The zero-order valence-electron chi connectivity index (χ0n) is 11.7. The minimum atomic E-state index is -3.57. The SMILES string of the molecule is CCOC(=O)Nc1cccc(S(=O)(=O)N2CCOCC2)c1. The van der Waals surface area contributed by atoms with E-state index in [0.29, 0.717) is 32.0 Å². The molecule has 7 nitrogen and oxygen atoms in total. The highest BCUT2D eigenvalue weighted by Crippen LogP contribution is 2.20. The van der Waals surface area contributed by atoms with Gasteiger partial charge in [0.05, 0.1) is 24.7 Å². The number of carbonyl (C=O) groups excluding carboxylic acids is 1. The summed E-state index contributed by atoms with van der Waals surface area (Å²) in [6, 6.07) is 6.10. The fraction of sp³-hybridized carbons (Fsp3) is 0.462. The molecule has 21 heavy (non-hydrogen) atoms. The third kappa shape index (κ3) is 3.93. The number of nitrogens with one attached hydrogen (secondary N) is 1. The van der Waals surface area contributed by atoms with Crippen molar-refractivity contribution in [2.75, 3.05) is 38.2 Å². The van der Waals surface area contributed by atoms with Crippen molar-refractivity contribution in [3.63, 3.8) is 0 Å². The van der Waals surface area contributed by atoms with E-state index in [1.807, 2.05) is 0 Å². The Bertz CT molecular complexity index is 596. The molecular weight excluding hydrogens is 296 g/mol. The van der Waals surface area contributed by atoms with Gasteiger partial charge in [-0.05, 0) is 25.1 Å². The second-order valence-electron chi connectivity index (χ2n) is 4.39. The highest BCUT2D eigenvalue weighted by atomic mass is 32.2. The first-order chi connectivity index (χ1) is 10.0. The molecule has 2 rings (SSSR count). The van der Waals surface area contributed by atoms with Crippen LogP contribution in [0.4, 0.5) is 10.5 Å². The number of sulfonamides is 1. The van der Waals surface area contributed by atoms with Crippen LogP contribution in [0.25, 0.3) is 0 Å². The predicted molar refractivity (Wildman–Crippen MR) is 76.7 cm³/mol. The van der Waals surface area contributed by atoms with E-state index in [1.165, 1.54) is 16.4 Å². The number of benzene rings is 1. The summed E-state index contributed by atoms with van der Waals surface area (Å²) < 4.78 is 36.2.